The summed E-state index contributed by atoms with van der Waals surface area (Å²) in [5, 5.41) is 8.73. The summed E-state index contributed by atoms with van der Waals surface area (Å²) < 4.78 is 5.02. The molecule has 1 N–H and O–H groups in total. The predicted molar refractivity (Wildman–Crippen MR) is 45.6 cm³/mol. The Morgan fingerprint density at radius 1 is 1.62 bits per heavy atom. The van der Waals surface area contributed by atoms with E-state index in [4.69, 9.17) is 10.00 Å². The van der Waals surface area contributed by atoms with Crippen molar-refractivity contribution in [3.05, 3.63) is 39.5 Å². The highest BCUT2D eigenvalue weighted by molar-refractivity contribution is 5.60. The van der Waals surface area contributed by atoms with Crippen LogP contribution >= 0.6 is 0 Å². The first-order valence-corrected chi connectivity index (χ1v) is 3.76. The van der Waals surface area contributed by atoms with Crippen LogP contribution < -0.4 is 5.56 Å². The molecule has 0 saturated heterocycles. The van der Waals surface area contributed by atoms with E-state index in [0.717, 1.165) is 5.56 Å². The van der Waals surface area contributed by atoms with E-state index in [0.29, 0.717) is 12.2 Å². The molecule has 1 aromatic heterocycles. The molecule has 1 aromatic rings. The maximum absolute atomic E-state index is 11.2. The van der Waals surface area contributed by atoms with Gasteiger partial charge in [-0.25, -0.2) is 0 Å². The maximum atomic E-state index is 11.2. The highest BCUT2D eigenvalue weighted by Crippen LogP contribution is 2.17. The van der Waals surface area contributed by atoms with Gasteiger partial charge in [-0.3, -0.25) is 4.79 Å². The Balaban J connectivity index is 2.77. The molecule has 1 aliphatic rings. The number of H-pyrrole nitrogens is 1. The molecule has 0 amide bonds. The van der Waals surface area contributed by atoms with Gasteiger partial charge >= 0.3 is 0 Å². The average Bonchev–Trinajstić information content (AvgIpc) is 2.18. The number of hydrogen-bond donors (Lipinski definition) is 1. The Kier molecular flexibility index (Phi) is 1.64. The normalized spacial score (nSPS) is 12.8. The molecule has 0 spiro atoms. The lowest BCUT2D eigenvalue weighted by Crippen LogP contribution is -2.14. The monoisotopic (exact) mass is 174 g/mol. The third kappa shape index (κ3) is 1.11. The number of aromatic amines is 1. The third-order valence-corrected chi connectivity index (χ3v) is 1.90. The van der Waals surface area contributed by atoms with E-state index in [-0.39, 0.29) is 11.1 Å². The number of ether oxygens (including phenoxy) is 1. The van der Waals surface area contributed by atoms with Crippen LogP contribution in [0.4, 0.5) is 0 Å². The van der Waals surface area contributed by atoms with Crippen LogP contribution in [0.15, 0.2) is 17.3 Å². The number of nitrogens with one attached hydrogen (secondary N) is 1. The molecule has 0 bridgehead atoms. The van der Waals surface area contributed by atoms with Gasteiger partial charge in [0.25, 0.3) is 5.56 Å². The molecule has 0 aromatic carbocycles. The van der Waals surface area contributed by atoms with Crippen LogP contribution in [0, 0.1) is 11.3 Å². The minimum absolute atomic E-state index is 0.150. The molecule has 0 saturated carbocycles. The number of nitriles is 1. The summed E-state index contributed by atoms with van der Waals surface area (Å²) in [5.74, 6) is 0. The minimum atomic E-state index is -0.354. The second kappa shape index (κ2) is 2.79. The van der Waals surface area contributed by atoms with Gasteiger partial charge in [-0.1, -0.05) is 0 Å². The fraction of sp³-hybridized carbons (Fsp3) is 0.111. The lowest BCUT2D eigenvalue weighted by Gasteiger charge is -2.11. The molecule has 64 valence electrons. The van der Waals surface area contributed by atoms with Gasteiger partial charge in [0.1, 0.15) is 18.2 Å². The first-order chi connectivity index (χ1) is 6.33. The Morgan fingerprint density at radius 3 is 3.23 bits per heavy atom. The zero-order chi connectivity index (χ0) is 9.26. The van der Waals surface area contributed by atoms with Crippen molar-refractivity contribution in [1.82, 2.24) is 4.98 Å². The van der Waals surface area contributed by atoms with Crippen molar-refractivity contribution in [2.24, 2.45) is 0 Å². The van der Waals surface area contributed by atoms with Crippen LogP contribution in [-0.4, -0.2) is 4.98 Å². The highest BCUT2D eigenvalue weighted by Gasteiger charge is 2.12. The summed E-state index contributed by atoms with van der Waals surface area (Å²) in [4.78, 5) is 13.7. The van der Waals surface area contributed by atoms with Crippen molar-refractivity contribution >= 4 is 6.08 Å². The lowest BCUT2D eigenvalue weighted by atomic mass is 10.0. The van der Waals surface area contributed by atoms with Crippen molar-refractivity contribution < 1.29 is 4.74 Å². The lowest BCUT2D eigenvalue weighted by molar-refractivity contribution is 0.234. The fourth-order valence-electron chi connectivity index (χ4n) is 1.26. The van der Waals surface area contributed by atoms with Crippen molar-refractivity contribution in [1.29, 1.82) is 5.26 Å². The number of fused-ring (bicyclic) bond motifs is 1. The Morgan fingerprint density at radius 2 is 2.46 bits per heavy atom. The van der Waals surface area contributed by atoms with E-state index in [9.17, 15) is 4.79 Å². The quantitative estimate of drug-likeness (QED) is 0.631. The number of nitrogens with zero attached hydrogens (tertiary/aromatic N) is 1. The van der Waals surface area contributed by atoms with Gasteiger partial charge < -0.3 is 9.72 Å². The molecular formula is C9H6N2O2. The van der Waals surface area contributed by atoms with E-state index in [1.54, 1.807) is 12.3 Å². The van der Waals surface area contributed by atoms with Crippen molar-refractivity contribution in [3.63, 3.8) is 0 Å². The van der Waals surface area contributed by atoms with Gasteiger partial charge in [-0.15, -0.1) is 0 Å². The molecule has 0 atom stereocenters. The summed E-state index contributed by atoms with van der Waals surface area (Å²) in [6.07, 6.45) is 4.69. The standard InChI is InChI=1S/C9H6N2O2/c10-3-8-7-1-2-13-5-6(7)4-11-9(8)12/h1-2,4H,5H2,(H,11,12). The molecule has 0 aliphatic carbocycles. The SMILES string of the molecule is N#Cc1c2c(c[nH]c1=O)COC=C2. The smallest absolute Gasteiger partial charge is 0.266 e. The summed E-state index contributed by atoms with van der Waals surface area (Å²) in [6.45, 7) is 0.400. The van der Waals surface area contributed by atoms with E-state index < -0.39 is 0 Å². The first-order valence-electron chi connectivity index (χ1n) is 3.76. The van der Waals surface area contributed by atoms with Crippen LogP contribution in [-0.2, 0) is 11.3 Å². The average molecular weight is 174 g/mol. The van der Waals surface area contributed by atoms with Crippen LogP contribution in [0.3, 0.4) is 0 Å². The van der Waals surface area contributed by atoms with Crippen LogP contribution in [0.25, 0.3) is 6.08 Å². The fourth-order valence-corrected chi connectivity index (χ4v) is 1.26. The van der Waals surface area contributed by atoms with E-state index in [1.165, 1.54) is 6.26 Å². The van der Waals surface area contributed by atoms with Crippen LogP contribution in [0.2, 0.25) is 0 Å². The zero-order valence-electron chi connectivity index (χ0n) is 6.70. The van der Waals surface area contributed by atoms with Gasteiger partial charge in [0.05, 0.1) is 6.26 Å². The van der Waals surface area contributed by atoms with Crippen LogP contribution in [0.5, 0.6) is 0 Å². The predicted octanol–water partition coefficient (Wildman–Crippen LogP) is 0.747. The number of aromatic nitrogens is 1. The van der Waals surface area contributed by atoms with Gasteiger partial charge in [0.2, 0.25) is 0 Å². The van der Waals surface area contributed by atoms with Crippen molar-refractivity contribution in [2.75, 3.05) is 0 Å². The van der Waals surface area contributed by atoms with E-state index in [2.05, 4.69) is 4.98 Å². The second-order valence-corrected chi connectivity index (χ2v) is 2.66. The molecule has 13 heavy (non-hydrogen) atoms. The van der Waals surface area contributed by atoms with Crippen molar-refractivity contribution in [3.8, 4) is 6.07 Å². The molecule has 2 rings (SSSR count). The zero-order valence-corrected chi connectivity index (χ0v) is 6.70. The molecule has 2 heterocycles. The van der Waals surface area contributed by atoms with E-state index >= 15 is 0 Å². The molecule has 0 unspecified atom stereocenters. The Labute approximate surface area is 74.1 Å². The molecule has 0 fully saturated rings. The van der Waals surface area contributed by atoms with Gasteiger partial charge in [-0.2, -0.15) is 5.26 Å². The number of hydrogen-bond acceptors (Lipinski definition) is 3. The molecule has 1 aliphatic heterocycles. The molecule has 4 nitrogen and oxygen atoms in total. The van der Waals surface area contributed by atoms with Gasteiger partial charge in [0.15, 0.2) is 0 Å². The summed E-state index contributed by atoms with van der Waals surface area (Å²) in [7, 11) is 0. The largest absolute Gasteiger partial charge is 0.496 e. The van der Waals surface area contributed by atoms with Gasteiger partial charge in [0, 0.05) is 17.3 Å². The van der Waals surface area contributed by atoms with Crippen molar-refractivity contribution in [2.45, 2.75) is 6.61 Å². The number of rotatable bonds is 0. The minimum Gasteiger partial charge on any atom is -0.496 e. The third-order valence-electron chi connectivity index (χ3n) is 1.90. The number of pyridine rings is 1. The topological polar surface area (TPSA) is 65.9 Å². The molecule has 4 heteroatoms. The van der Waals surface area contributed by atoms with Crippen LogP contribution in [0.1, 0.15) is 16.7 Å². The summed E-state index contributed by atoms with van der Waals surface area (Å²) >= 11 is 0. The molecule has 0 radical (unpaired) electrons. The van der Waals surface area contributed by atoms with E-state index in [1.807, 2.05) is 6.07 Å². The Bertz CT molecular complexity index is 465. The second-order valence-electron chi connectivity index (χ2n) is 2.66. The maximum Gasteiger partial charge on any atom is 0.266 e. The Hall–Kier alpha value is -2.02. The summed E-state index contributed by atoms with van der Waals surface area (Å²) in [5.41, 5.74) is 1.29. The van der Waals surface area contributed by atoms with Gasteiger partial charge in [-0.05, 0) is 6.08 Å². The molecular weight excluding hydrogens is 168 g/mol. The first kappa shape index (κ1) is 7.62. The summed E-state index contributed by atoms with van der Waals surface area (Å²) in [6, 6.07) is 1.87. The highest BCUT2D eigenvalue weighted by atomic mass is 16.5.